The number of carbonyl (C=O) groups is 2. The summed E-state index contributed by atoms with van der Waals surface area (Å²) in [6.07, 6.45) is 0.287. The third-order valence-electron chi connectivity index (χ3n) is 4.14. The number of rotatable bonds is 2. The molecule has 6 heteroatoms. The van der Waals surface area contributed by atoms with Gasteiger partial charge in [0.1, 0.15) is 11.6 Å². The number of piperidine rings is 1. The lowest BCUT2D eigenvalue weighted by atomic mass is 10.1. The summed E-state index contributed by atoms with van der Waals surface area (Å²) in [5.41, 5.74) is -0.561. The highest BCUT2D eigenvalue weighted by Gasteiger charge is 2.62. The van der Waals surface area contributed by atoms with E-state index in [2.05, 4.69) is 6.92 Å². The zero-order chi connectivity index (χ0) is 15.2. The van der Waals surface area contributed by atoms with Crippen LogP contribution in [-0.2, 0) is 14.4 Å². The molecule has 6 nitrogen and oxygen atoms in total. The van der Waals surface area contributed by atoms with Gasteiger partial charge in [-0.25, -0.2) is 9.86 Å². The molecule has 0 aromatic heterocycles. The first-order valence-electron chi connectivity index (χ1n) is 7.00. The van der Waals surface area contributed by atoms with Crippen molar-refractivity contribution in [3.63, 3.8) is 0 Å². The number of hydroxylamine groups is 2. The number of carbonyl (C=O) groups excluding carboxylic acids is 2. The molecule has 2 fully saturated rings. The molecule has 0 N–H and O–H groups in total. The number of fused-ring (bicyclic) bond motifs is 1. The molecule has 0 aromatic rings. The van der Waals surface area contributed by atoms with Gasteiger partial charge < -0.3 is 4.74 Å². The van der Waals surface area contributed by atoms with Gasteiger partial charge in [-0.2, -0.15) is 0 Å². The van der Waals surface area contributed by atoms with Gasteiger partial charge in [0, 0.05) is 13.1 Å². The van der Waals surface area contributed by atoms with Crippen LogP contribution in [0, 0.1) is 11.8 Å². The second-order valence-corrected chi connectivity index (χ2v) is 6.67. The highest BCUT2D eigenvalue weighted by atomic mass is 16.7. The fourth-order valence-electron chi connectivity index (χ4n) is 3.00. The zero-order valence-corrected chi connectivity index (χ0v) is 13.0. The van der Waals surface area contributed by atoms with Gasteiger partial charge in [0.2, 0.25) is 0 Å². The van der Waals surface area contributed by atoms with Crippen LogP contribution in [0.15, 0.2) is 0 Å². The molecule has 1 aliphatic heterocycles. The van der Waals surface area contributed by atoms with Crippen molar-refractivity contribution in [2.24, 2.45) is 11.8 Å². The minimum Gasteiger partial charge on any atom is -0.444 e. The second-order valence-electron chi connectivity index (χ2n) is 6.67. The number of hydrogen-bond donors (Lipinski definition) is 0. The van der Waals surface area contributed by atoms with Crippen LogP contribution < -0.4 is 0 Å². The average molecular weight is 284 g/mol. The number of hydrogen-bond acceptors (Lipinski definition) is 4. The van der Waals surface area contributed by atoms with E-state index in [1.54, 1.807) is 11.9 Å². The Morgan fingerprint density at radius 2 is 1.90 bits per heavy atom. The van der Waals surface area contributed by atoms with E-state index < -0.39 is 17.7 Å². The summed E-state index contributed by atoms with van der Waals surface area (Å²) in [7, 11) is 3.00. The van der Waals surface area contributed by atoms with Crippen molar-refractivity contribution in [3.8, 4) is 0 Å². The predicted octanol–water partition coefficient (Wildman–Crippen LogP) is 1.65. The Balaban J connectivity index is 2.13. The SMILES string of the molecule is CON(C)C(=O)[C@@H]1C[C@@H]2C(C)[C@@H]2N1C(=O)OC(C)(C)C. The lowest BCUT2D eigenvalue weighted by Crippen LogP contribution is -2.50. The second kappa shape index (κ2) is 4.91. The minimum absolute atomic E-state index is 0.129. The van der Waals surface area contributed by atoms with Gasteiger partial charge in [-0.3, -0.25) is 14.5 Å². The molecule has 114 valence electrons. The quantitative estimate of drug-likeness (QED) is 0.723. The van der Waals surface area contributed by atoms with Crippen molar-refractivity contribution in [3.05, 3.63) is 0 Å². The molecule has 0 bridgehead atoms. The molecule has 0 radical (unpaired) electrons. The summed E-state index contributed by atoms with van der Waals surface area (Å²) in [4.78, 5) is 31.2. The predicted molar refractivity (Wildman–Crippen MR) is 72.7 cm³/mol. The van der Waals surface area contributed by atoms with Crippen LogP contribution in [0.3, 0.4) is 0 Å². The molecule has 2 aliphatic rings. The van der Waals surface area contributed by atoms with E-state index in [1.165, 1.54) is 12.2 Å². The molecule has 1 aliphatic carbocycles. The van der Waals surface area contributed by atoms with Crippen LogP contribution in [0.1, 0.15) is 34.1 Å². The third kappa shape index (κ3) is 2.61. The highest BCUT2D eigenvalue weighted by molar-refractivity contribution is 5.86. The minimum atomic E-state index is -0.561. The van der Waals surface area contributed by atoms with Gasteiger partial charge in [-0.05, 0) is 39.0 Å². The van der Waals surface area contributed by atoms with Gasteiger partial charge in [-0.15, -0.1) is 0 Å². The zero-order valence-electron chi connectivity index (χ0n) is 13.0. The van der Waals surface area contributed by atoms with Gasteiger partial charge in [0.15, 0.2) is 0 Å². The molecule has 4 atom stereocenters. The molecular formula is C14H24N2O4. The van der Waals surface area contributed by atoms with E-state index >= 15 is 0 Å². The normalized spacial score (nSPS) is 31.8. The van der Waals surface area contributed by atoms with E-state index in [0.29, 0.717) is 18.3 Å². The smallest absolute Gasteiger partial charge is 0.411 e. The molecule has 0 spiro atoms. The van der Waals surface area contributed by atoms with E-state index in [-0.39, 0.29) is 11.9 Å². The lowest BCUT2D eigenvalue weighted by Gasteiger charge is -2.31. The molecule has 2 amide bonds. The molecule has 1 saturated carbocycles. The standard InChI is InChI=1S/C14H24N2O4/c1-8-9-7-10(12(17)15(5)19-6)16(11(8)9)13(18)20-14(2,3)4/h8-11H,7H2,1-6H3/t8?,9-,10+,11+/m1/s1. The van der Waals surface area contributed by atoms with Gasteiger partial charge in [-0.1, -0.05) is 6.92 Å². The maximum absolute atomic E-state index is 12.4. The summed E-state index contributed by atoms with van der Waals surface area (Å²) in [6.45, 7) is 7.58. The number of amides is 2. The lowest BCUT2D eigenvalue weighted by molar-refractivity contribution is -0.174. The Morgan fingerprint density at radius 1 is 1.30 bits per heavy atom. The molecule has 2 rings (SSSR count). The van der Waals surface area contributed by atoms with Crippen LogP contribution in [0.4, 0.5) is 4.79 Å². The van der Waals surface area contributed by atoms with Gasteiger partial charge in [0.25, 0.3) is 5.91 Å². The number of nitrogens with zero attached hydrogens (tertiary/aromatic N) is 2. The van der Waals surface area contributed by atoms with Crippen molar-refractivity contribution >= 4 is 12.0 Å². The van der Waals surface area contributed by atoms with Crippen molar-refractivity contribution < 1.29 is 19.2 Å². The van der Waals surface area contributed by atoms with Crippen LogP contribution in [0.5, 0.6) is 0 Å². The molecule has 1 unspecified atom stereocenters. The molecular weight excluding hydrogens is 260 g/mol. The maximum Gasteiger partial charge on any atom is 0.411 e. The van der Waals surface area contributed by atoms with Crippen molar-refractivity contribution in [2.45, 2.75) is 51.8 Å². The maximum atomic E-state index is 12.4. The first-order valence-corrected chi connectivity index (χ1v) is 7.00. The van der Waals surface area contributed by atoms with Crippen LogP contribution in [0.25, 0.3) is 0 Å². The molecule has 1 saturated heterocycles. The topological polar surface area (TPSA) is 59.1 Å². The van der Waals surface area contributed by atoms with Crippen molar-refractivity contribution in [1.29, 1.82) is 0 Å². The summed E-state index contributed by atoms with van der Waals surface area (Å²) >= 11 is 0. The van der Waals surface area contributed by atoms with E-state index in [1.807, 2.05) is 20.8 Å². The van der Waals surface area contributed by atoms with E-state index in [9.17, 15) is 9.59 Å². The van der Waals surface area contributed by atoms with Crippen LogP contribution >= 0.6 is 0 Å². The van der Waals surface area contributed by atoms with E-state index in [4.69, 9.17) is 9.57 Å². The van der Waals surface area contributed by atoms with Crippen LogP contribution in [0.2, 0.25) is 0 Å². The fourth-order valence-corrected chi connectivity index (χ4v) is 3.00. The summed E-state index contributed by atoms with van der Waals surface area (Å²) in [6, 6.07) is -0.343. The van der Waals surface area contributed by atoms with Crippen molar-refractivity contribution in [1.82, 2.24) is 9.96 Å². The Labute approximate surface area is 119 Å². The largest absolute Gasteiger partial charge is 0.444 e. The monoisotopic (exact) mass is 284 g/mol. The molecule has 0 aromatic carbocycles. The Morgan fingerprint density at radius 3 is 2.40 bits per heavy atom. The van der Waals surface area contributed by atoms with Crippen LogP contribution in [-0.4, -0.2) is 53.8 Å². The average Bonchev–Trinajstić information content (AvgIpc) is 2.80. The Hall–Kier alpha value is -1.30. The van der Waals surface area contributed by atoms with Crippen molar-refractivity contribution in [2.75, 3.05) is 14.2 Å². The van der Waals surface area contributed by atoms with Gasteiger partial charge in [0.05, 0.1) is 7.11 Å². The number of ether oxygens (including phenoxy) is 1. The van der Waals surface area contributed by atoms with E-state index in [0.717, 1.165) is 0 Å². The summed E-state index contributed by atoms with van der Waals surface area (Å²) in [5.74, 6) is 0.652. The first-order chi connectivity index (χ1) is 9.17. The number of likely N-dealkylation sites (N-methyl/N-ethyl adjacent to an activating group) is 1. The molecule has 1 heterocycles. The Kier molecular flexibility index (Phi) is 3.71. The summed E-state index contributed by atoms with van der Waals surface area (Å²) < 4.78 is 5.44. The first kappa shape index (κ1) is 15.1. The third-order valence-corrected chi connectivity index (χ3v) is 4.14. The summed E-state index contributed by atoms with van der Waals surface area (Å²) in [5, 5.41) is 1.18. The Bertz CT molecular complexity index is 418. The number of likely N-dealkylation sites (tertiary alicyclic amines) is 1. The fraction of sp³-hybridized carbons (Fsp3) is 0.857. The molecule has 20 heavy (non-hydrogen) atoms. The van der Waals surface area contributed by atoms with Gasteiger partial charge >= 0.3 is 6.09 Å². The highest BCUT2D eigenvalue weighted by Crippen LogP contribution is 2.53.